The minimum absolute atomic E-state index is 0.665. The molecule has 0 radical (unpaired) electrons. The minimum Gasteiger partial charge on any atom is -0.317 e. The normalized spacial score (nSPS) is 11.9. The van der Waals surface area contributed by atoms with Gasteiger partial charge < -0.3 is 4.57 Å². The Kier molecular flexibility index (Phi) is 6.09. The van der Waals surface area contributed by atoms with Gasteiger partial charge in [0.15, 0.2) is 0 Å². The zero-order valence-corrected chi connectivity index (χ0v) is 28.2. The maximum atomic E-state index is 5.42. The van der Waals surface area contributed by atoms with E-state index in [1.165, 1.54) is 53.0 Å². The summed E-state index contributed by atoms with van der Waals surface area (Å²) in [5, 5.41) is 7.13. The Labute approximate surface area is 297 Å². The van der Waals surface area contributed by atoms with Gasteiger partial charge >= 0.3 is 0 Å². The van der Waals surface area contributed by atoms with Crippen LogP contribution in [-0.2, 0) is 0 Å². The first-order valence-corrected chi connectivity index (χ1v) is 18.0. The molecule has 5 heteroatoms. The predicted molar refractivity (Wildman–Crippen MR) is 214 cm³/mol. The fourth-order valence-corrected chi connectivity index (χ4v) is 8.85. The van der Waals surface area contributed by atoms with E-state index in [4.69, 9.17) is 9.97 Å². The Morgan fingerprint density at radius 2 is 1.10 bits per heavy atom. The third kappa shape index (κ3) is 4.38. The molecule has 4 aromatic heterocycles. The molecule has 4 heterocycles. The van der Waals surface area contributed by atoms with Gasteiger partial charge in [-0.2, -0.15) is 0 Å². The Morgan fingerprint density at radius 3 is 1.94 bits per heavy atom. The number of para-hydroxylation sites is 2. The van der Waals surface area contributed by atoms with Gasteiger partial charge in [-0.05, 0) is 65.7 Å². The van der Waals surface area contributed by atoms with Gasteiger partial charge in [0.05, 0.1) is 27.8 Å². The molecule has 0 fully saturated rings. The monoisotopic (exact) mass is 668 g/mol. The highest BCUT2D eigenvalue weighted by Crippen LogP contribution is 2.42. The van der Waals surface area contributed by atoms with E-state index in [-0.39, 0.29) is 0 Å². The van der Waals surface area contributed by atoms with Crippen LogP contribution in [-0.4, -0.2) is 19.1 Å². The van der Waals surface area contributed by atoms with Gasteiger partial charge in [-0.1, -0.05) is 109 Å². The molecule has 0 bridgehead atoms. The van der Waals surface area contributed by atoms with Crippen molar-refractivity contribution in [1.82, 2.24) is 19.1 Å². The summed E-state index contributed by atoms with van der Waals surface area (Å²) in [5.41, 5.74) is 9.77. The molecule has 0 amide bonds. The summed E-state index contributed by atoms with van der Waals surface area (Å²) in [6.07, 6.45) is 2.17. The summed E-state index contributed by atoms with van der Waals surface area (Å²) in [4.78, 5) is 10.7. The molecule has 238 valence electrons. The quantitative estimate of drug-likeness (QED) is 0.187. The first-order chi connectivity index (χ1) is 25.3. The van der Waals surface area contributed by atoms with E-state index in [0.29, 0.717) is 5.95 Å². The van der Waals surface area contributed by atoms with Crippen LogP contribution in [0.5, 0.6) is 0 Å². The van der Waals surface area contributed by atoms with Gasteiger partial charge in [-0.25, -0.2) is 9.97 Å². The van der Waals surface area contributed by atoms with E-state index in [9.17, 15) is 0 Å². The molecular formula is C46H28N4S. The molecule has 7 aromatic carbocycles. The molecule has 0 saturated carbocycles. The maximum Gasteiger partial charge on any atom is 0.235 e. The predicted octanol–water partition coefficient (Wildman–Crippen LogP) is 12.4. The summed E-state index contributed by atoms with van der Waals surface area (Å²) < 4.78 is 7.10. The zero-order chi connectivity index (χ0) is 33.5. The average Bonchev–Trinajstić information content (AvgIpc) is 3.87. The van der Waals surface area contributed by atoms with Crippen molar-refractivity contribution in [3.8, 4) is 34.0 Å². The molecule has 4 nitrogen and oxygen atoms in total. The lowest BCUT2D eigenvalue weighted by molar-refractivity contribution is 1.01. The largest absolute Gasteiger partial charge is 0.317 e. The van der Waals surface area contributed by atoms with Crippen LogP contribution in [0.15, 0.2) is 170 Å². The average molecular weight is 669 g/mol. The summed E-state index contributed by atoms with van der Waals surface area (Å²) in [7, 11) is 0. The van der Waals surface area contributed by atoms with Gasteiger partial charge in [0.2, 0.25) is 5.95 Å². The standard InChI is InChI=1S/C46H28N4S/c1-3-11-29(12-4-1)30-19-21-31(22-20-30)45-35-16-7-9-17-39(35)47-46(48-45)50-41-25-32-23-24-49(33-13-5-2-6-14-33)40(32)27-37(41)36-26-38-34-15-8-10-18-43(34)51-44(38)28-42(36)50/h1-28H. The smallest absolute Gasteiger partial charge is 0.235 e. The fourth-order valence-electron chi connectivity index (χ4n) is 7.73. The SMILES string of the molecule is c1ccc(-c2ccc(-c3nc(-n4c5cc6ccn(-c7ccccc7)c6cc5c5cc6c(cc54)sc4ccccc46)nc4ccccc34)cc2)cc1. The number of thiophene rings is 1. The van der Waals surface area contributed by atoms with Gasteiger partial charge in [-0.15, -0.1) is 11.3 Å². The highest BCUT2D eigenvalue weighted by molar-refractivity contribution is 7.25. The molecule has 0 aliphatic rings. The van der Waals surface area contributed by atoms with Crippen LogP contribution in [0.2, 0.25) is 0 Å². The number of rotatable bonds is 4. The first-order valence-electron chi connectivity index (χ1n) is 17.2. The highest BCUT2D eigenvalue weighted by atomic mass is 32.1. The fraction of sp³-hybridized carbons (Fsp3) is 0. The number of aromatic nitrogens is 4. The number of hydrogen-bond donors (Lipinski definition) is 0. The molecule has 0 aliphatic heterocycles. The topological polar surface area (TPSA) is 35.6 Å². The Hall–Kier alpha value is -6.56. The summed E-state index contributed by atoms with van der Waals surface area (Å²) in [6.45, 7) is 0. The van der Waals surface area contributed by atoms with Crippen molar-refractivity contribution in [3.05, 3.63) is 170 Å². The number of fused-ring (bicyclic) bond motifs is 8. The number of hydrogen-bond acceptors (Lipinski definition) is 3. The minimum atomic E-state index is 0.665. The van der Waals surface area contributed by atoms with E-state index in [1.54, 1.807) is 0 Å². The maximum absolute atomic E-state index is 5.42. The van der Waals surface area contributed by atoms with Gasteiger partial charge in [-0.3, -0.25) is 4.57 Å². The summed E-state index contributed by atoms with van der Waals surface area (Å²) >= 11 is 1.84. The lowest BCUT2D eigenvalue weighted by Crippen LogP contribution is -2.03. The summed E-state index contributed by atoms with van der Waals surface area (Å²) in [6, 6.07) is 58.5. The third-order valence-corrected chi connectivity index (χ3v) is 11.3. The van der Waals surface area contributed by atoms with Crippen molar-refractivity contribution < 1.29 is 0 Å². The molecule has 0 atom stereocenters. The van der Waals surface area contributed by atoms with Crippen molar-refractivity contribution in [3.63, 3.8) is 0 Å². The second-order valence-corrected chi connectivity index (χ2v) is 14.2. The van der Waals surface area contributed by atoms with Crippen molar-refractivity contribution in [2.75, 3.05) is 0 Å². The van der Waals surface area contributed by atoms with E-state index in [0.717, 1.165) is 38.9 Å². The second kappa shape index (κ2) is 11.0. The van der Waals surface area contributed by atoms with Gasteiger partial charge in [0.1, 0.15) is 0 Å². The van der Waals surface area contributed by atoms with Crippen LogP contribution in [0.25, 0.3) is 97.8 Å². The van der Waals surface area contributed by atoms with Crippen molar-refractivity contribution >= 4 is 75.1 Å². The van der Waals surface area contributed by atoms with Crippen LogP contribution in [0.3, 0.4) is 0 Å². The molecule has 0 aliphatic carbocycles. The van der Waals surface area contributed by atoms with E-state index < -0.39 is 0 Å². The molecular weight excluding hydrogens is 641 g/mol. The van der Waals surface area contributed by atoms with Crippen LogP contribution in [0, 0.1) is 0 Å². The lowest BCUT2D eigenvalue weighted by atomic mass is 10.0. The number of benzene rings is 7. The Morgan fingerprint density at radius 1 is 0.431 bits per heavy atom. The molecule has 11 rings (SSSR count). The second-order valence-electron chi connectivity index (χ2n) is 13.1. The molecule has 0 unspecified atom stereocenters. The first kappa shape index (κ1) is 28.3. The molecule has 0 spiro atoms. The van der Waals surface area contributed by atoms with Crippen molar-refractivity contribution in [1.29, 1.82) is 0 Å². The van der Waals surface area contributed by atoms with Crippen LogP contribution >= 0.6 is 11.3 Å². The van der Waals surface area contributed by atoms with Crippen LogP contribution < -0.4 is 0 Å². The Bertz CT molecular complexity index is 3120. The van der Waals surface area contributed by atoms with Crippen molar-refractivity contribution in [2.24, 2.45) is 0 Å². The molecule has 0 saturated heterocycles. The van der Waals surface area contributed by atoms with Gasteiger partial charge in [0, 0.05) is 59.2 Å². The zero-order valence-electron chi connectivity index (χ0n) is 27.4. The lowest BCUT2D eigenvalue weighted by Gasteiger charge is -2.12. The molecule has 51 heavy (non-hydrogen) atoms. The third-order valence-electron chi connectivity index (χ3n) is 10.2. The van der Waals surface area contributed by atoms with E-state index >= 15 is 0 Å². The number of nitrogens with zero attached hydrogens (tertiary/aromatic N) is 4. The molecule has 11 aromatic rings. The highest BCUT2D eigenvalue weighted by Gasteiger charge is 2.21. The van der Waals surface area contributed by atoms with Crippen LogP contribution in [0.1, 0.15) is 0 Å². The van der Waals surface area contributed by atoms with Crippen molar-refractivity contribution in [2.45, 2.75) is 0 Å². The van der Waals surface area contributed by atoms with E-state index in [2.05, 4.69) is 179 Å². The van der Waals surface area contributed by atoms with Gasteiger partial charge in [0.25, 0.3) is 0 Å². The summed E-state index contributed by atoms with van der Waals surface area (Å²) in [5.74, 6) is 0.665. The molecule has 0 N–H and O–H groups in total. The van der Waals surface area contributed by atoms with E-state index in [1.807, 2.05) is 11.3 Å². The Balaban J connectivity index is 1.21. The van der Waals surface area contributed by atoms with Crippen LogP contribution in [0.4, 0.5) is 0 Å².